The number of halogens is 2. The van der Waals surface area contributed by atoms with Crippen LogP contribution in [0.25, 0.3) is 0 Å². The Morgan fingerprint density at radius 2 is 2.27 bits per heavy atom. The van der Waals surface area contributed by atoms with Gasteiger partial charge < -0.3 is 4.42 Å². The number of carbonyl (C=O) groups is 1. The van der Waals surface area contributed by atoms with Crippen molar-refractivity contribution in [1.29, 1.82) is 0 Å². The molecule has 0 bridgehead atoms. The lowest BCUT2D eigenvalue weighted by atomic mass is 10.2. The van der Waals surface area contributed by atoms with Gasteiger partial charge in [-0.25, -0.2) is 4.68 Å². The van der Waals surface area contributed by atoms with Gasteiger partial charge in [0.25, 0.3) is 0 Å². The fraction of sp³-hybridized carbons (Fsp3) is 0.125. The molecule has 78 valence electrons. The summed E-state index contributed by atoms with van der Waals surface area (Å²) >= 11 is 6.30. The molecule has 0 fully saturated rings. The Bertz CT molecular complexity index is 498. The Morgan fingerprint density at radius 1 is 1.53 bits per heavy atom. The topological polar surface area (TPSA) is 60.9 Å². The summed E-state index contributed by atoms with van der Waals surface area (Å²) in [6.07, 6.45) is 1.38. The quantitative estimate of drug-likeness (QED) is 0.790. The fourth-order valence-corrected chi connectivity index (χ4v) is 1.99. The molecule has 2 rings (SSSR count). The molecule has 0 N–H and O–H groups in total. The standard InChI is InChI=1S/C8H5Br2N3O2/c1-13-6(8(10)11-12-13)7(14)4-2-5(9)15-3-4/h2-3H,1H3. The molecule has 0 aliphatic heterocycles. The monoisotopic (exact) mass is 333 g/mol. The van der Waals surface area contributed by atoms with E-state index in [1.165, 1.54) is 10.9 Å². The molecule has 2 aromatic rings. The normalized spacial score (nSPS) is 10.6. The highest BCUT2D eigenvalue weighted by Gasteiger charge is 2.20. The van der Waals surface area contributed by atoms with Crippen LogP contribution in [0.5, 0.6) is 0 Å². The van der Waals surface area contributed by atoms with Gasteiger partial charge in [-0.15, -0.1) is 5.10 Å². The number of hydrogen-bond donors (Lipinski definition) is 0. The van der Waals surface area contributed by atoms with Crippen LogP contribution in [0.2, 0.25) is 0 Å². The van der Waals surface area contributed by atoms with Gasteiger partial charge in [-0.05, 0) is 31.9 Å². The second kappa shape index (κ2) is 3.90. The van der Waals surface area contributed by atoms with E-state index in [-0.39, 0.29) is 5.78 Å². The second-order valence-corrected chi connectivity index (χ2v) is 4.35. The molecule has 0 atom stereocenters. The smallest absolute Gasteiger partial charge is 0.217 e. The van der Waals surface area contributed by atoms with E-state index in [1.807, 2.05) is 0 Å². The molecule has 0 aliphatic rings. The molecule has 7 heteroatoms. The summed E-state index contributed by atoms with van der Waals surface area (Å²) in [7, 11) is 1.65. The fourth-order valence-electron chi connectivity index (χ4n) is 1.14. The van der Waals surface area contributed by atoms with Crippen molar-refractivity contribution in [3.8, 4) is 0 Å². The van der Waals surface area contributed by atoms with Gasteiger partial charge in [0.2, 0.25) is 5.78 Å². The highest BCUT2D eigenvalue weighted by Crippen LogP contribution is 2.20. The first-order valence-corrected chi connectivity index (χ1v) is 5.52. The van der Waals surface area contributed by atoms with Gasteiger partial charge in [-0.3, -0.25) is 4.79 Å². The van der Waals surface area contributed by atoms with Crippen LogP contribution in [0, 0.1) is 0 Å². The summed E-state index contributed by atoms with van der Waals surface area (Å²) in [4.78, 5) is 12.0. The Labute approximate surface area is 102 Å². The first-order valence-electron chi connectivity index (χ1n) is 3.93. The van der Waals surface area contributed by atoms with E-state index in [9.17, 15) is 4.79 Å². The average molecular weight is 335 g/mol. The Kier molecular flexibility index (Phi) is 2.74. The maximum atomic E-state index is 12.0. The second-order valence-electron chi connectivity index (χ2n) is 2.82. The molecule has 2 aromatic heterocycles. The number of aromatic nitrogens is 3. The Morgan fingerprint density at radius 3 is 2.73 bits per heavy atom. The van der Waals surface area contributed by atoms with Crippen molar-refractivity contribution < 1.29 is 9.21 Å². The molecule has 15 heavy (non-hydrogen) atoms. The van der Waals surface area contributed by atoms with Crippen LogP contribution in [0.3, 0.4) is 0 Å². The molecule has 0 unspecified atom stereocenters. The first-order chi connectivity index (χ1) is 7.09. The van der Waals surface area contributed by atoms with Gasteiger partial charge in [0.1, 0.15) is 12.0 Å². The SMILES string of the molecule is Cn1nnc(Br)c1C(=O)c1coc(Br)c1. The van der Waals surface area contributed by atoms with Crippen LogP contribution in [-0.4, -0.2) is 20.8 Å². The molecule has 0 saturated heterocycles. The maximum absolute atomic E-state index is 12.0. The molecule has 2 heterocycles. The molecule has 5 nitrogen and oxygen atoms in total. The van der Waals surface area contributed by atoms with Crippen molar-refractivity contribution in [2.24, 2.45) is 7.05 Å². The van der Waals surface area contributed by atoms with Crippen molar-refractivity contribution in [3.05, 3.63) is 32.9 Å². The van der Waals surface area contributed by atoms with Crippen LogP contribution >= 0.6 is 31.9 Å². The largest absolute Gasteiger partial charge is 0.457 e. The number of furan rings is 1. The molecule has 0 aliphatic carbocycles. The van der Waals surface area contributed by atoms with E-state index in [4.69, 9.17) is 4.42 Å². The van der Waals surface area contributed by atoms with Crippen LogP contribution in [0.4, 0.5) is 0 Å². The Hall–Kier alpha value is -0.950. The minimum atomic E-state index is -0.191. The van der Waals surface area contributed by atoms with E-state index < -0.39 is 0 Å². The minimum absolute atomic E-state index is 0.191. The van der Waals surface area contributed by atoms with Gasteiger partial charge in [0, 0.05) is 13.1 Å². The predicted molar refractivity (Wildman–Crippen MR) is 58.5 cm³/mol. The van der Waals surface area contributed by atoms with Gasteiger partial charge in [0.15, 0.2) is 9.27 Å². The number of rotatable bonds is 2. The van der Waals surface area contributed by atoms with Gasteiger partial charge >= 0.3 is 0 Å². The van der Waals surface area contributed by atoms with Crippen molar-refractivity contribution >= 4 is 37.6 Å². The van der Waals surface area contributed by atoms with Gasteiger partial charge in [-0.1, -0.05) is 5.21 Å². The zero-order chi connectivity index (χ0) is 11.0. The number of aryl methyl sites for hydroxylation is 1. The van der Waals surface area contributed by atoms with Crippen molar-refractivity contribution in [2.45, 2.75) is 0 Å². The minimum Gasteiger partial charge on any atom is -0.457 e. The highest BCUT2D eigenvalue weighted by atomic mass is 79.9. The zero-order valence-corrected chi connectivity index (χ0v) is 10.7. The lowest BCUT2D eigenvalue weighted by Crippen LogP contribution is -2.07. The van der Waals surface area contributed by atoms with Crippen molar-refractivity contribution in [3.63, 3.8) is 0 Å². The molecular weight excluding hydrogens is 330 g/mol. The Balaban J connectivity index is 2.45. The van der Waals surface area contributed by atoms with Gasteiger partial charge in [-0.2, -0.15) is 0 Å². The summed E-state index contributed by atoms with van der Waals surface area (Å²) in [5.74, 6) is -0.191. The van der Waals surface area contributed by atoms with E-state index in [2.05, 4.69) is 42.2 Å². The first kappa shape index (κ1) is 10.6. The summed E-state index contributed by atoms with van der Waals surface area (Å²) in [5.41, 5.74) is 0.844. The number of carbonyl (C=O) groups excluding carboxylic acids is 1. The van der Waals surface area contributed by atoms with Gasteiger partial charge in [0.05, 0.1) is 5.56 Å². The lowest BCUT2D eigenvalue weighted by molar-refractivity contribution is 0.102. The number of hydrogen-bond acceptors (Lipinski definition) is 4. The molecular formula is C8H5Br2N3O2. The lowest BCUT2D eigenvalue weighted by Gasteiger charge is -1.96. The van der Waals surface area contributed by atoms with Crippen LogP contribution in [-0.2, 0) is 7.05 Å². The average Bonchev–Trinajstić information content (AvgIpc) is 2.73. The van der Waals surface area contributed by atoms with Crippen LogP contribution in [0.15, 0.2) is 26.0 Å². The molecule has 0 amide bonds. The van der Waals surface area contributed by atoms with Crippen molar-refractivity contribution in [2.75, 3.05) is 0 Å². The number of ketones is 1. The third-order valence-electron chi connectivity index (χ3n) is 1.83. The summed E-state index contributed by atoms with van der Waals surface area (Å²) < 4.78 is 7.34. The maximum Gasteiger partial charge on any atom is 0.217 e. The predicted octanol–water partition coefficient (Wildman–Crippen LogP) is 2.16. The molecule has 0 radical (unpaired) electrons. The highest BCUT2D eigenvalue weighted by molar-refractivity contribution is 9.10. The van der Waals surface area contributed by atoms with E-state index >= 15 is 0 Å². The van der Waals surface area contributed by atoms with Crippen LogP contribution in [0.1, 0.15) is 16.1 Å². The third-order valence-corrected chi connectivity index (χ3v) is 2.78. The van der Waals surface area contributed by atoms with E-state index in [0.29, 0.717) is 20.5 Å². The van der Waals surface area contributed by atoms with Crippen molar-refractivity contribution in [1.82, 2.24) is 15.0 Å². The van der Waals surface area contributed by atoms with E-state index in [0.717, 1.165) is 0 Å². The summed E-state index contributed by atoms with van der Waals surface area (Å²) in [5, 5.41) is 7.46. The zero-order valence-electron chi connectivity index (χ0n) is 7.57. The molecule has 0 aromatic carbocycles. The third kappa shape index (κ3) is 1.89. The van der Waals surface area contributed by atoms with E-state index in [1.54, 1.807) is 13.1 Å². The van der Waals surface area contributed by atoms with Crippen LogP contribution < -0.4 is 0 Å². The summed E-state index contributed by atoms with van der Waals surface area (Å²) in [6.45, 7) is 0. The molecule has 0 saturated carbocycles. The molecule has 0 spiro atoms. The number of nitrogens with zero attached hydrogens (tertiary/aromatic N) is 3. The summed E-state index contributed by atoms with van der Waals surface area (Å²) in [6, 6.07) is 1.60.